The maximum absolute atomic E-state index is 11.8. The zero-order chi connectivity index (χ0) is 14.5. The summed E-state index contributed by atoms with van der Waals surface area (Å²) in [5.74, 6) is 0.405. The number of benzene rings is 1. The van der Waals surface area contributed by atoms with Crippen molar-refractivity contribution in [3.05, 3.63) is 23.8 Å². The fraction of sp³-hybridized carbons (Fsp3) is 0.467. The molecule has 5 heteroatoms. The number of rotatable bonds is 4. The average Bonchev–Trinajstić information content (AvgIpc) is 2.48. The molecular weight excluding hydrogens is 258 g/mol. The molecule has 0 aromatic heterocycles. The van der Waals surface area contributed by atoms with Crippen LogP contribution in [-0.4, -0.2) is 38.6 Å². The predicted molar refractivity (Wildman–Crippen MR) is 75.4 cm³/mol. The minimum absolute atomic E-state index is 0.281. The van der Waals surface area contributed by atoms with Crippen LogP contribution in [0.4, 0.5) is 5.69 Å². The highest BCUT2D eigenvalue weighted by Crippen LogP contribution is 2.34. The first-order valence-electron chi connectivity index (χ1n) is 6.78. The van der Waals surface area contributed by atoms with Gasteiger partial charge in [0.2, 0.25) is 0 Å². The number of hydrogen-bond acceptors (Lipinski definition) is 5. The molecule has 2 rings (SSSR count). The number of ketones is 1. The fourth-order valence-electron chi connectivity index (χ4n) is 2.34. The quantitative estimate of drug-likeness (QED) is 0.788. The second-order valence-corrected chi connectivity index (χ2v) is 4.60. The van der Waals surface area contributed by atoms with Crippen LogP contribution in [0.15, 0.2) is 18.2 Å². The summed E-state index contributed by atoms with van der Waals surface area (Å²) >= 11 is 0. The summed E-state index contributed by atoms with van der Waals surface area (Å²) in [6, 6.07) is 5.41. The Balaban J connectivity index is 2.36. The number of anilines is 1. The van der Waals surface area contributed by atoms with Gasteiger partial charge in [-0.15, -0.1) is 0 Å². The van der Waals surface area contributed by atoms with Crippen molar-refractivity contribution >= 4 is 17.4 Å². The maximum atomic E-state index is 11.8. The summed E-state index contributed by atoms with van der Waals surface area (Å²) < 4.78 is 10.4. The standard InChI is InChI=1S/C15H19NO4/c1-3-20-14-12(15(18)19-2)5-4-6-13(14)16-9-7-11(17)8-10-16/h4-6H,3,7-10H2,1-2H3. The summed E-state index contributed by atoms with van der Waals surface area (Å²) in [6.45, 7) is 3.65. The summed E-state index contributed by atoms with van der Waals surface area (Å²) in [6.07, 6.45) is 1.07. The van der Waals surface area contributed by atoms with Crippen LogP contribution in [0.25, 0.3) is 0 Å². The van der Waals surface area contributed by atoms with E-state index in [1.54, 1.807) is 12.1 Å². The van der Waals surface area contributed by atoms with E-state index >= 15 is 0 Å². The van der Waals surface area contributed by atoms with Crippen molar-refractivity contribution in [2.24, 2.45) is 0 Å². The summed E-state index contributed by atoms with van der Waals surface area (Å²) in [5, 5.41) is 0. The Hall–Kier alpha value is -2.04. The molecule has 1 aromatic carbocycles. The zero-order valence-corrected chi connectivity index (χ0v) is 11.8. The van der Waals surface area contributed by atoms with Gasteiger partial charge in [-0.2, -0.15) is 0 Å². The highest BCUT2D eigenvalue weighted by molar-refractivity contribution is 5.95. The Morgan fingerprint density at radius 1 is 1.30 bits per heavy atom. The van der Waals surface area contributed by atoms with Crippen LogP contribution in [0.3, 0.4) is 0 Å². The molecule has 0 radical (unpaired) electrons. The first kappa shape index (κ1) is 14.4. The second kappa shape index (κ2) is 6.41. The summed E-state index contributed by atoms with van der Waals surface area (Å²) in [4.78, 5) is 25.2. The molecule has 0 atom stereocenters. The first-order valence-corrected chi connectivity index (χ1v) is 6.78. The smallest absolute Gasteiger partial charge is 0.341 e. The van der Waals surface area contributed by atoms with Crippen molar-refractivity contribution in [3.63, 3.8) is 0 Å². The molecule has 0 unspecified atom stereocenters. The SMILES string of the molecule is CCOc1c(C(=O)OC)cccc1N1CCC(=O)CC1. The van der Waals surface area contributed by atoms with Crippen LogP contribution in [0.1, 0.15) is 30.1 Å². The van der Waals surface area contributed by atoms with Crippen molar-refractivity contribution in [2.45, 2.75) is 19.8 Å². The van der Waals surface area contributed by atoms with Gasteiger partial charge in [-0.05, 0) is 19.1 Å². The van der Waals surface area contributed by atoms with E-state index in [9.17, 15) is 9.59 Å². The van der Waals surface area contributed by atoms with Crippen LogP contribution in [0, 0.1) is 0 Å². The van der Waals surface area contributed by atoms with Gasteiger partial charge in [0.1, 0.15) is 11.3 Å². The number of esters is 1. The molecule has 1 fully saturated rings. The molecule has 1 aliphatic rings. The van der Waals surface area contributed by atoms with E-state index in [1.165, 1.54) is 7.11 Å². The Kier molecular flexibility index (Phi) is 4.61. The minimum atomic E-state index is -0.414. The number of carbonyl (C=O) groups excluding carboxylic acids is 2. The largest absolute Gasteiger partial charge is 0.491 e. The van der Waals surface area contributed by atoms with Gasteiger partial charge in [-0.3, -0.25) is 4.79 Å². The average molecular weight is 277 g/mol. The molecule has 108 valence electrons. The van der Waals surface area contributed by atoms with E-state index in [1.807, 2.05) is 13.0 Å². The lowest BCUT2D eigenvalue weighted by Crippen LogP contribution is -2.34. The van der Waals surface area contributed by atoms with E-state index in [-0.39, 0.29) is 5.78 Å². The third kappa shape index (κ3) is 2.92. The number of ether oxygens (including phenoxy) is 2. The van der Waals surface area contributed by atoms with Crippen LogP contribution in [0.5, 0.6) is 5.75 Å². The molecule has 5 nitrogen and oxygen atoms in total. The summed E-state index contributed by atoms with van der Waals surface area (Å²) in [5.41, 5.74) is 1.27. The van der Waals surface area contributed by atoms with E-state index < -0.39 is 5.97 Å². The van der Waals surface area contributed by atoms with Crippen LogP contribution >= 0.6 is 0 Å². The van der Waals surface area contributed by atoms with Gasteiger partial charge in [-0.25, -0.2) is 4.79 Å². The van der Waals surface area contributed by atoms with E-state index in [0.717, 1.165) is 5.69 Å². The van der Waals surface area contributed by atoms with E-state index in [2.05, 4.69) is 4.90 Å². The lowest BCUT2D eigenvalue weighted by molar-refractivity contribution is -0.119. The number of para-hydroxylation sites is 1. The van der Waals surface area contributed by atoms with Crippen molar-refractivity contribution in [2.75, 3.05) is 31.7 Å². The van der Waals surface area contributed by atoms with Gasteiger partial charge in [-0.1, -0.05) is 6.07 Å². The van der Waals surface area contributed by atoms with Crippen LogP contribution < -0.4 is 9.64 Å². The Morgan fingerprint density at radius 3 is 2.60 bits per heavy atom. The Bertz CT molecular complexity index is 503. The molecule has 1 heterocycles. The highest BCUT2D eigenvalue weighted by Gasteiger charge is 2.23. The third-order valence-electron chi connectivity index (χ3n) is 3.35. The number of piperidine rings is 1. The van der Waals surface area contributed by atoms with E-state index in [0.29, 0.717) is 43.9 Å². The summed E-state index contributed by atoms with van der Waals surface area (Å²) in [7, 11) is 1.35. The topological polar surface area (TPSA) is 55.8 Å². The molecule has 0 aliphatic carbocycles. The molecule has 0 spiro atoms. The van der Waals surface area contributed by atoms with Gasteiger partial charge in [0.15, 0.2) is 5.75 Å². The number of Topliss-reactive ketones (excluding diaryl/α,β-unsaturated/α-hetero) is 1. The lowest BCUT2D eigenvalue weighted by atomic mass is 10.1. The van der Waals surface area contributed by atoms with Crippen molar-refractivity contribution < 1.29 is 19.1 Å². The second-order valence-electron chi connectivity index (χ2n) is 4.60. The number of hydrogen-bond donors (Lipinski definition) is 0. The van der Waals surface area contributed by atoms with Crippen molar-refractivity contribution in [3.8, 4) is 5.75 Å². The Labute approximate surface area is 118 Å². The normalized spacial score (nSPS) is 15.1. The maximum Gasteiger partial charge on any atom is 0.341 e. The predicted octanol–water partition coefficient (Wildman–Crippen LogP) is 2.04. The lowest BCUT2D eigenvalue weighted by Gasteiger charge is -2.30. The molecular formula is C15H19NO4. The number of methoxy groups -OCH3 is 1. The van der Waals surface area contributed by atoms with Crippen molar-refractivity contribution in [1.29, 1.82) is 0 Å². The molecule has 1 aliphatic heterocycles. The minimum Gasteiger partial charge on any atom is -0.491 e. The van der Waals surface area contributed by atoms with Gasteiger partial charge in [0.25, 0.3) is 0 Å². The monoisotopic (exact) mass is 277 g/mol. The fourth-order valence-corrected chi connectivity index (χ4v) is 2.34. The van der Waals surface area contributed by atoms with Crippen LogP contribution in [-0.2, 0) is 9.53 Å². The third-order valence-corrected chi connectivity index (χ3v) is 3.35. The van der Waals surface area contributed by atoms with Gasteiger partial charge >= 0.3 is 5.97 Å². The molecule has 0 saturated carbocycles. The molecule has 0 bridgehead atoms. The van der Waals surface area contributed by atoms with E-state index in [4.69, 9.17) is 9.47 Å². The van der Waals surface area contributed by atoms with Gasteiger partial charge in [0.05, 0.1) is 19.4 Å². The molecule has 0 amide bonds. The zero-order valence-electron chi connectivity index (χ0n) is 11.8. The molecule has 20 heavy (non-hydrogen) atoms. The first-order chi connectivity index (χ1) is 9.67. The Morgan fingerprint density at radius 2 is 2.00 bits per heavy atom. The highest BCUT2D eigenvalue weighted by atomic mass is 16.5. The molecule has 1 aromatic rings. The molecule has 0 N–H and O–H groups in total. The van der Waals surface area contributed by atoms with Gasteiger partial charge in [0, 0.05) is 25.9 Å². The number of carbonyl (C=O) groups is 2. The van der Waals surface area contributed by atoms with Crippen molar-refractivity contribution in [1.82, 2.24) is 0 Å². The van der Waals surface area contributed by atoms with Crippen LogP contribution in [0.2, 0.25) is 0 Å². The van der Waals surface area contributed by atoms with Gasteiger partial charge < -0.3 is 14.4 Å². The number of nitrogens with zero attached hydrogens (tertiary/aromatic N) is 1. The molecule has 1 saturated heterocycles.